The van der Waals surface area contributed by atoms with Crippen LogP contribution in [0.5, 0.6) is 0 Å². The third-order valence-corrected chi connectivity index (χ3v) is 5.74. The van der Waals surface area contributed by atoms with E-state index in [2.05, 4.69) is 44.8 Å². The molecular weight excluding hydrogens is 274 g/mol. The summed E-state index contributed by atoms with van der Waals surface area (Å²) in [6, 6.07) is 0.740. The second kappa shape index (κ2) is 16.7. The molecule has 0 aliphatic heterocycles. The van der Waals surface area contributed by atoms with Gasteiger partial charge in [-0.2, -0.15) is 11.8 Å². The quantitative estimate of drug-likeness (QED) is 0.330. The fourth-order valence-electron chi connectivity index (χ4n) is 2.52. The molecule has 0 aromatic carbocycles. The Balaban J connectivity index is 3.60. The molecule has 0 radical (unpaired) electrons. The first-order valence-electron chi connectivity index (χ1n) is 9.59. The van der Waals surface area contributed by atoms with Crippen LogP contribution in [0.4, 0.5) is 0 Å². The van der Waals surface area contributed by atoms with Crippen LogP contribution in [-0.2, 0) is 0 Å². The Hall–Kier alpha value is 0.310. The first kappa shape index (κ1) is 21.3. The van der Waals surface area contributed by atoms with E-state index < -0.39 is 0 Å². The summed E-state index contributed by atoms with van der Waals surface area (Å²) in [6.45, 7) is 10.4. The van der Waals surface area contributed by atoms with E-state index in [-0.39, 0.29) is 0 Å². The van der Waals surface area contributed by atoms with Gasteiger partial charge < -0.3 is 5.32 Å². The van der Waals surface area contributed by atoms with Gasteiger partial charge in [0.05, 0.1) is 0 Å². The van der Waals surface area contributed by atoms with E-state index in [1.807, 2.05) is 0 Å². The van der Waals surface area contributed by atoms with Crippen LogP contribution >= 0.6 is 11.8 Å². The lowest BCUT2D eigenvalue weighted by atomic mass is 10.1. The van der Waals surface area contributed by atoms with Crippen molar-refractivity contribution in [2.24, 2.45) is 0 Å². The molecule has 0 aliphatic rings. The summed E-state index contributed by atoms with van der Waals surface area (Å²) < 4.78 is 0. The molecule has 0 spiro atoms. The van der Waals surface area contributed by atoms with Gasteiger partial charge in [0.2, 0.25) is 0 Å². The lowest BCUT2D eigenvalue weighted by Crippen LogP contribution is -2.32. The Morgan fingerprint density at radius 3 is 2.00 bits per heavy atom. The zero-order valence-electron chi connectivity index (χ0n) is 15.3. The van der Waals surface area contributed by atoms with E-state index in [4.69, 9.17) is 0 Å². The molecule has 0 aliphatic carbocycles. The minimum absolute atomic E-state index is 0.740. The van der Waals surface area contributed by atoms with Crippen molar-refractivity contribution in [2.75, 3.05) is 12.3 Å². The molecule has 0 saturated carbocycles. The molecular formula is C19H41NS. The molecule has 2 atom stereocenters. The van der Waals surface area contributed by atoms with Gasteiger partial charge in [-0.05, 0) is 25.8 Å². The zero-order valence-corrected chi connectivity index (χ0v) is 16.1. The normalized spacial score (nSPS) is 14.3. The molecule has 1 nitrogen and oxygen atoms in total. The highest BCUT2D eigenvalue weighted by atomic mass is 32.2. The monoisotopic (exact) mass is 315 g/mol. The summed E-state index contributed by atoms with van der Waals surface area (Å²) in [6.07, 6.45) is 15.4. The van der Waals surface area contributed by atoms with Gasteiger partial charge in [-0.3, -0.25) is 0 Å². The molecule has 0 saturated heterocycles. The van der Waals surface area contributed by atoms with Crippen molar-refractivity contribution in [1.82, 2.24) is 5.32 Å². The van der Waals surface area contributed by atoms with E-state index in [9.17, 15) is 0 Å². The van der Waals surface area contributed by atoms with Gasteiger partial charge in [0.1, 0.15) is 0 Å². The van der Waals surface area contributed by atoms with Crippen LogP contribution in [0, 0.1) is 0 Å². The largest absolute Gasteiger partial charge is 0.313 e. The van der Waals surface area contributed by atoms with E-state index in [1.54, 1.807) is 0 Å². The first-order chi connectivity index (χ1) is 10.2. The Morgan fingerprint density at radius 1 is 0.810 bits per heavy atom. The summed E-state index contributed by atoms with van der Waals surface area (Å²) in [5, 5.41) is 4.56. The van der Waals surface area contributed by atoms with Gasteiger partial charge >= 0.3 is 0 Å². The molecule has 0 amide bonds. The first-order valence-corrected chi connectivity index (χ1v) is 10.6. The van der Waals surface area contributed by atoms with Gasteiger partial charge in [-0.1, -0.05) is 79.1 Å². The third-order valence-electron chi connectivity index (χ3n) is 4.25. The topological polar surface area (TPSA) is 12.0 Å². The minimum atomic E-state index is 0.740. The smallest absolute Gasteiger partial charge is 0.0158 e. The summed E-state index contributed by atoms with van der Waals surface area (Å²) in [7, 11) is 0. The van der Waals surface area contributed by atoms with Crippen LogP contribution in [-0.4, -0.2) is 23.6 Å². The van der Waals surface area contributed by atoms with E-state index in [1.165, 1.54) is 82.9 Å². The van der Waals surface area contributed by atoms with Gasteiger partial charge in [0.15, 0.2) is 0 Å². The van der Waals surface area contributed by atoms with Crippen LogP contribution in [0.25, 0.3) is 0 Å². The molecule has 0 heterocycles. The SMILES string of the molecule is CCCCCCCCCCC(CSC(C)CC)NCCC. The maximum atomic E-state index is 3.75. The zero-order chi connectivity index (χ0) is 15.8. The minimum Gasteiger partial charge on any atom is -0.313 e. The molecule has 0 fully saturated rings. The van der Waals surface area contributed by atoms with E-state index in [0.29, 0.717) is 0 Å². The Kier molecular flexibility index (Phi) is 16.9. The average molecular weight is 316 g/mol. The number of hydrogen-bond donors (Lipinski definition) is 1. The summed E-state index contributed by atoms with van der Waals surface area (Å²) in [5.41, 5.74) is 0. The van der Waals surface area contributed by atoms with Crippen LogP contribution in [0.2, 0.25) is 0 Å². The number of hydrogen-bond acceptors (Lipinski definition) is 2. The average Bonchev–Trinajstić information content (AvgIpc) is 2.51. The summed E-state index contributed by atoms with van der Waals surface area (Å²) >= 11 is 2.15. The van der Waals surface area contributed by atoms with Crippen LogP contribution in [0.1, 0.15) is 98.3 Å². The standard InChI is InChI=1S/C19H41NS/c1-5-8-9-10-11-12-13-14-15-19(20-16-6-2)17-21-18(4)7-3/h18-20H,5-17H2,1-4H3. The molecule has 2 unspecified atom stereocenters. The second-order valence-electron chi connectivity index (χ2n) is 6.47. The highest BCUT2D eigenvalue weighted by Gasteiger charge is 2.09. The highest BCUT2D eigenvalue weighted by molar-refractivity contribution is 7.99. The molecule has 128 valence electrons. The van der Waals surface area contributed by atoms with Crippen molar-refractivity contribution in [1.29, 1.82) is 0 Å². The maximum Gasteiger partial charge on any atom is 0.0158 e. The van der Waals surface area contributed by atoms with Crippen LogP contribution < -0.4 is 5.32 Å². The Morgan fingerprint density at radius 2 is 1.43 bits per heavy atom. The lowest BCUT2D eigenvalue weighted by Gasteiger charge is -2.20. The van der Waals surface area contributed by atoms with Gasteiger partial charge in [-0.15, -0.1) is 0 Å². The van der Waals surface area contributed by atoms with Crippen molar-refractivity contribution in [3.63, 3.8) is 0 Å². The summed E-state index contributed by atoms with van der Waals surface area (Å²) in [5.74, 6) is 1.30. The molecule has 0 aromatic heterocycles. The van der Waals surface area contributed by atoms with Gasteiger partial charge in [-0.25, -0.2) is 0 Å². The third kappa shape index (κ3) is 15.0. The summed E-state index contributed by atoms with van der Waals surface area (Å²) in [4.78, 5) is 0. The molecule has 0 bridgehead atoms. The van der Waals surface area contributed by atoms with Crippen LogP contribution in [0.15, 0.2) is 0 Å². The van der Waals surface area contributed by atoms with Gasteiger partial charge in [0.25, 0.3) is 0 Å². The number of thioether (sulfide) groups is 1. The van der Waals surface area contributed by atoms with Crippen LogP contribution in [0.3, 0.4) is 0 Å². The fraction of sp³-hybridized carbons (Fsp3) is 1.00. The Labute approximate surface area is 139 Å². The number of nitrogens with one attached hydrogen (secondary N) is 1. The molecule has 0 rings (SSSR count). The van der Waals surface area contributed by atoms with Crippen molar-refractivity contribution in [3.05, 3.63) is 0 Å². The second-order valence-corrected chi connectivity index (χ2v) is 7.94. The molecule has 0 aromatic rings. The molecule has 2 heteroatoms. The van der Waals surface area contributed by atoms with E-state index >= 15 is 0 Å². The van der Waals surface area contributed by atoms with Crippen molar-refractivity contribution in [3.8, 4) is 0 Å². The lowest BCUT2D eigenvalue weighted by molar-refractivity contribution is 0.481. The van der Waals surface area contributed by atoms with Crippen molar-refractivity contribution >= 4 is 11.8 Å². The number of rotatable bonds is 16. The fourth-order valence-corrected chi connectivity index (χ4v) is 3.60. The highest BCUT2D eigenvalue weighted by Crippen LogP contribution is 2.18. The van der Waals surface area contributed by atoms with Crippen molar-refractivity contribution < 1.29 is 0 Å². The predicted molar refractivity (Wildman–Crippen MR) is 102 cm³/mol. The van der Waals surface area contributed by atoms with Crippen molar-refractivity contribution in [2.45, 2.75) is 110 Å². The Bertz CT molecular complexity index is 196. The molecule has 21 heavy (non-hydrogen) atoms. The van der Waals surface area contributed by atoms with Gasteiger partial charge in [0, 0.05) is 17.0 Å². The predicted octanol–water partition coefficient (Wildman–Crippen LogP) is 6.42. The molecule has 1 N–H and O–H groups in total. The maximum absolute atomic E-state index is 3.75. The number of unbranched alkanes of at least 4 members (excludes halogenated alkanes) is 7. The van der Waals surface area contributed by atoms with E-state index in [0.717, 1.165) is 11.3 Å².